The number of hydrogen-bond donors (Lipinski definition) is 3. The Morgan fingerprint density at radius 1 is 1.31 bits per heavy atom. The summed E-state index contributed by atoms with van der Waals surface area (Å²) < 4.78 is 9.98. The molecule has 0 saturated carbocycles. The molecule has 0 bridgehead atoms. The first-order chi connectivity index (χ1) is 12.3. The lowest BCUT2D eigenvalue weighted by Gasteiger charge is -2.18. The number of esters is 2. The summed E-state index contributed by atoms with van der Waals surface area (Å²) in [6.07, 6.45) is 1.70. The maximum absolute atomic E-state index is 12.4. The zero-order chi connectivity index (χ0) is 19.3. The van der Waals surface area contributed by atoms with Gasteiger partial charge in [0, 0.05) is 24.1 Å². The van der Waals surface area contributed by atoms with Gasteiger partial charge in [-0.3, -0.25) is 4.79 Å². The third-order valence-electron chi connectivity index (χ3n) is 3.99. The summed E-state index contributed by atoms with van der Waals surface area (Å²) in [6, 6.07) is 4.14. The summed E-state index contributed by atoms with van der Waals surface area (Å²) in [7, 11) is 0. The van der Waals surface area contributed by atoms with Crippen LogP contribution < -0.4 is 22.4 Å². The van der Waals surface area contributed by atoms with E-state index in [2.05, 4.69) is 10.1 Å². The van der Waals surface area contributed by atoms with Crippen molar-refractivity contribution in [3.05, 3.63) is 34.2 Å². The van der Waals surface area contributed by atoms with Gasteiger partial charge in [-0.2, -0.15) is 0 Å². The maximum atomic E-state index is 12.4. The topological polar surface area (TPSA) is 138 Å². The molecule has 0 spiro atoms. The van der Waals surface area contributed by atoms with Crippen molar-refractivity contribution in [1.82, 2.24) is 0 Å². The summed E-state index contributed by atoms with van der Waals surface area (Å²) in [5.74, 6) is -1.45. The summed E-state index contributed by atoms with van der Waals surface area (Å²) in [5.41, 5.74) is 12.2. The molecule has 0 amide bonds. The molecule has 5 N–H and O–H groups in total. The van der Waals surface area contributed by atoms with Gasteiger partial charge >= 0.3 is 17.6 Å². The Kier molecular flexibility index (Phi) is 6.35. The number of nitrogens with two attached hydrogens (primary N) is 2. The van der Waals surface area contributed by atoms with Crippen molar-refractivity contribution in [1.29, 1.82) is 0 Å². The number of carbonyl (C=O) groups excluding carboxylic acids is 2. The van der Waals surface area contributed by atoms with Crippen molar-refractivity contribution in [3.8, 4) is 0 Å². The first kappa shape index (κ1) is 19.5. The summed E-state index contributed by atoms with van der Waals surface area (Å²) >= 11 is 0. The van der Waals surface area contributed by atoms with E-state index in [1.807, 2.05) is 0 Å². The molecule has 0 aliphatic rings. The minimum absolute atomic E-state index is 0.153. The first-order valence-electron chi connectivity index (χ1n) is 8.35. The van der Waals surface area contributed by atoms with Crippen LogP contribution in [0.4, 0.5) is 11.4 Å². The molecule has 1 atom stereocenters. The first-order valence-corrected chi connectivity index (χ1v) is 8.35. The van der Waals surface area contributed by atoms with Gasteiger partial charge in [0.15, 0.2) is 0 Å². The highest BCUT2D eigenvalue weighted by Gasteiger charge is 2.24. The number of rotatable bonds is 7. The van der Waals surface area contributed by atoms with E-state index >= 15 is 0 Å². The Labute approximate surface area is 150 Å². The van der Waals surface area contributed by atoms with Crippen LogP contribution in [0.5, 0.6) is 0 Å². The fraction of sp³-hybridized carbons (Fsp3) is 0.389. The predicted molar refractivity (Wildman–Crippen MR) is 98.7 cm³/mol. The number of carbonyl (C=O) groups is 2. The highest BCUT2D eigenvalue weighted by molar-refractivity contribution is 5.91. The van der Waals surface area contributed by atoms with Crippen LogP contribution in [0.2, 0.25) is 0 Å². The van der Waals surface area contributed by atoms with Crippen molar-refractivity contribution in [2.24, 2.45) is 5.73 Å². The molecule has 0 fully saturated rings. The Bertz CT molecular complexity index is 875. The van der Waals surface area contributed by atoms with Crippen LogP contribution in [0.3, 0.4) is 0 Å². The van der Waals surface area contributed by atoms with Crippen LogP contribution in [0.1, 0.15) is 31.7 Å². The summed E-state index contributed by atoms with van der Waals surface area (Å²) in [5, 5.41) is 3.58. The van der Waals surface area contributed by atoms with Crippen LogP contribution in [0, 0.1) is 6.92 Å². The second-order valence-electron chi connectivity index (χ2n) is 6.04. The number of aryl methyl sites for hydroxylation is 1. The van der Waals surface area contributed by atoms with Crippen molar-refractivity contribution >= 4 is 34.3 Å². The van der Waals surface area contributed by atoms with Crippen LogP contribution in [-0.2, 0) is 14.3 Å². The lowest BCUT2D eigenvalue weighted by molar-refractivity contribution is -0.158. The van der Waals surface area contributed by atoms with Gasteiger partial charge in [-0.05, 0) is 50.4 Å². The average molecular weight is 361 g/mol. The third kappa shape index (κ3) is 4.60. The number of nitrogen functional groups attached to an aromatic ring is 1. The molecule has 2 aromatic rings. The van der Waals surface area contributed by atoms with Gasteiger partial charge < -0.3 is 25.9 Å². The van der Waals surface area contributed by atoms with Gasteiger partial charge in [0.05, 0.1) is 0 Å². The zero-order valence-corrected chi connectivity index (χ0v) is 14.8. The Morgan fingerprint density at radius 3 is 2.69 bits per heavy atom. The van der Waals surface area contributed by atoms with Crippen molar-refractivity contribution < 1.29 is 18.7 Å². The van der Waals surface area contributed by atoms with E-state index in [0.29, 0.717) is 48.0 Å². The standard InChI is InChI=1S/C18H23N3O5/c1-10-13-7-6-12(20)9-15(13)26-18(24)16(10)21-14(5-3-4-8-19)17(23)25-11(2)22/h6-7,9,14,21H,3-5,8,19-20H2,1-2H3/t14-/m0/s1. The maximum Gasteiger partial charge on any atom is 0.360 e. The van der Waals surface area contributed by atoms with E-state index in [-0.39, 0.29) is 5.69 Å². The van der Waals surface area contributed by atoms with E-state index < -0.39 is 23.6 Å². The normalized spacial score (nSPS) is 12.0. The highest BCUT2D eigenvalue weighted by atomic mass is 16.6. The molecular weight excluding hydrogens is 338 g/mol. The second-order valence-corrected chi connectivity index (χ2v) is 6.04. The largest absolute Gasteiger partial charge is 0.421 e. The molecule has 8 heteroatoms. The number of anilines is 2. The summed E-state index contributed by atoms with van der Waals surface area (Å²) in [6.45, 7) is 3.37. The molecule has 0 aliphatic heterocycles. The molecule has 0 unspecified atom stereocenters. The Morgan fingerprint density at radius 2 is 2.04 bits per heavy atom. The van der Waals surface area contributed by atoms with E-state index in [0.717, 1.165) is 6.92 Å². The average Bonchev–Trinajstić information content (AvgIpc) is 2.56. The van der Waals surface area contributed by atoms with Gasteiger partial charge in [-0.1, -0.05) is 0 Å². The Balaban J connectivity index is 2.37. The van der Waals surface area contributed by atoms with Crippen LogP contribution in [0.25, 0.3) is 11.0 Å². The molecule has 8 nitrogen and oxygen atoms in total. The summed E-state index contributed by atoms with van der Waals surface area (Å²) in [4.78, 5) is 35.7. The monoisotopic (exact) mass is 361 g/mol. The van der Waals surface area contributed by atoms with E-state index in [9.17, 15) is 14.4 Å². The highest BCUT2D eigenvalue weighted by Crippen LogP contribution is 2.25. The predicted octanol–water partition coefficient (Wildman–Crippen LogP) is 1.68. The smallest absolute Gasteiger partial charge is 0.360 e. The second kappa shape index (κ2) is 8.48. The molecule has 0 aliphatic carbocycles. The molecule has 2 rings (SSSR count). The number of unbranched alkanes of at least 4 members (excludes halogenated alkanes) is 1. The lowest BCUT2D eigenvalue weighted by Crippen LogP contribution is -2.34. The minimum Gasteiger partial charge on any atom is -0.421 e. The van der Waals surface area contributed by atoms with Gasteiger partial charge in [0.25, 0.3) is 0 Å². The number of ether oxygens (including phenoxy) is 1. The molecule has 1 aromatic heterocycles. The van der Waals surface area contributed by atoms with Crippen LogP contribution >= 0.6 is 0 Å². The minimum atomic E-state index is -0.863. The molecule has 1 heterocycles. The fourth-order valence-corrected chi connectivity index (χ4v) is 2.67. The fourth-order valence-electron chi connectivity index (χ4n) is 2.67. The van der Waals surface area contributed by atoms with Crippen molar-refractivity contribution in [2.45, 2.75) is 39.2 Å². The van der Waals surface area contributed by atoms with Gasteiger partial charge in [-0.25, -0.2) is 9.59 Å². The lowest BCUT2D eigenvalue weighted by atomic mass is 10.1. The SMILES string of the molecule is CC(=O)OC(=O)[C@H](CCCCN)Nc1c(C)c2ccc(N)cc2oc1=O. The van der Waals surface area contributed by atoms with Gasteiger partial charge in [0.2, 0.25) is 0 Å². The molecule has 0 saturated heterocycles. The molecule has 1 aromatic carbocycles. The van der Waals surface area contributed by atoms with Gasteiger partial charge in [-0.15, -0.1) is 0 Å². The van der Waals surface area contributed by atoms with E-state index in [1.54, 1.807) is 25.1 Å². The van der Waals surface area contributed by atoms with Crippen molar-refractivity contribution in [2.75, 3.05) is 17.6 Å². The van der Waals surface area contributed by atoms with E-state index in [1.165, 1.54) is 0 Å². The number of fused-ring (bicyclic) bond motifs is 1. The molecular formula is C18H23N3O5. The number of hydrogen-bond acceptors (Lipinski definition) is 8. The third-order valence-corrected chi connectivity index (χ3v) is 3.99. The van der Waals surface area contributed by atoms with Crippen LogP contribution in [0.15, 0.2) is 27.4 Å². The molecule has 140 valence electrons. The molecule has 0 radical (unpaired) electrons. The van der Waals surface area contributed by atoms with Crippen molar-refractivity contribution in [3.63, 3.8) is 0 Å². The molecule has 26 heavy (non-hydrogen) atoms. The van der Waals surface area contributed by atoms with E-state index in [4.69, 9.17) is 15.9 Å². The van der Waals surface area contributed by atoms with Gasteiger partial charge in [0.1, 0.15) is 17.3 Å². The number of benzene rings is 1. The van der Waals surface area contributed by atoms with Crippen LogP contribution in [-0.4, -0.2) is 24.5 Å². The Hall–Kier alpha value is -2.87. The zero-order valence-electron chi connectivity index (χ0n) is 14.8. The number of nitrogens with one attached hydrogen (secondary N) is 1. The quantitative estimate of drug-likeness (QED) is 0.223.